The minimum absolute atomic E-state index is 0.0576. The van der Waals surface area contributed by atoms with Crippen molar-refractivity contribution in [1.82, 2.24) is 5.32 Å². The second-order valence-corrected chi connectivity index (χ2v) is 9.74. The first-order valence-electron chi connectivity index (χ1n) is 11.7. The average Bonchev–Trinajstić information content (AvgIpc) is 2.89. The van der Waals surface area contributed by atoms with Crippen molar-refractivity contribution >= 4 is 29.3 Å². The summed E-state index contributed by atoms with van der Waals surface area (Å²) in [6.45, 7) is 4.24. The molecule has 0 saturated carbocycles. The number of anilines is 1. The number of thioether (sulfide) groups is 1. The van der Waals surface area contributed by atoms with Crippen LogP contribution < -0.4 is 15.4 Å². The summed E-state index contributed by atoms with van der Waals surface area (Å²) in [4.78, 5) is 25.0. The molecule has 36 heavy (non-hydrogen) atoms. The molecule has 1 aliphatic rings. The number of carbonyl (C=O) groups is 2. The van der Waals surface area contributed by atoms with Gasteiger partial charge in [0.25, 0.3) is 0 Å². The zero-order valence-corrected chi connectivity index (χ0v) is 21.0. The standard InChI is InChI=1S/C29H27N3O3S/c1-19(2)20-8-10-21(11-9-20)25-16-27(33)32-29(26(25)17-30)36-18-28(34)31-22-12-14-24(15-13-22)35-23-6-4-3-5-7-23/h3-15,19,25H,16,18H2,1-2H3,(H,31,34)(H,32,33)/t25-/m0/s1. The van der Waals surface area contributed by atoms with E-state index >= 15 is 0 Å². The van der Waals surface area contributed by atoms with Gasteiger partial charge in [0, 0.05) is 18.0 Å². The predicted molar refractivity (Wildman–Crippen MR) is 143 cm³/mol. The quantitative estimate of drug-likeness (QED) is 0.380. The van der Waals surface area contributed by atoms with E-state index in [1.807, 2.05) is 54.6 Å². The Morgan fingerprint density at radius 2 is 1.72 bits per heavy atom. The lowest BCUT2D eigenvalue weighted by Crippen LogP contribution is -2.31. The molecule has 0 spiro atoms. The van der Waals surface area contributed by atoms with Crippen molar-refractivity contribution in [2.24, 2.45) is 0 Å². The van der Waals surface area contributed by atoms with Crippen LogP contribution in [0.15, 0.2) is 89.5 Å². The number of benzene rings is 3. The molecule has 6 nitrogen and oxygen atoms in total. The highest BCUT2D eigenvalue weighted by atomic mass is 32.2. The van der Waals surface area contributed by atoms with Crippen LogP contribution in [-0.4, -0.2) is 17.6 Å². The van der Waals surface area contributed by atoms with Crippen LogP contribution in [0.3, 0.4) is 0 Å². The summed E-state index contributed by atoms with van der Waals surface area (Å²) in [5.74, 6) is 1.13. The Hall–Kier alpha value is -4.02. The van der Waals surface area contributed by atoms with Crippen LogP contribution in [0, 0.1) is 11.3 Å². The molecule has 1 atom stereocenters. The summed E-state index contributed by atoms with van der Waals surface area (Å²) in [6, 6.07) is 26.8. The number of amides is 2. The van der Waals surface area contributed by atoms with Gasteiger partial charge in [0.15, 0.2) is 0 Å². The number of ether oxygens (including phenoxy) is 1. The van der Waals surface area contributed by atoms with Gasteiger partial charge in [-0.1, -0.05) is 68.1 Å². The van der Waals surface area contributed by atoms with Crippen LogP contribution in [0.5, 0.6) is 11.5 Å². The van der Waals surface area contributed by atoms with Gasteiger partial charge in [0.05, 0.1) is 22.4 Å². The number of para-hydroxylation sites is 1. The lowest BCUT2D eigenvalue weighted by Gasteiger charge is -2.25. The van der Waals surface area contributed by atoms with Gasteiger partial charge in [-0.25, -0.2) is 0 Å². The summed E-state index contributed by atoms with van der Waals surface area (Å²) in [5.41, 5.74) is 3.23. The molecule has 4 rings (SSSR count). The second-order valence-electron chi connectivity index (χ2n) is 8.76. The zero-order valence-electron chi connectivity index (χ0n) is 20.2. The van der Waals surface area contributed by atoms with Crippen molar-refractivity contribution in [1.29, 1.82) is 5.26 Å². The summed E-state index contributed by atoms with van der Waals surface area (Å²) >= 11 is 1.16. The molecule has 1 aliphatic heterocycles. The zero-order chi connectivity index (χ0) is 25.5. The van der Waals surface area contributed by atoms with Crippen molar-refractivity contribution in [3.05, 3.63) is 101 Å². The predicted octanol–water partition coefficient (Wildman–Crippen LogP) is 6.31. The van der Waals surface area contributed by atoms with Crippen LogP contribution in [0.4, 0.5) is 5.69 Å². The van der Waals surface area contributed by atoms with Crippen molar-refractivity contribution in [2.75, 3.05) is 11.1 Å². The van der Waals surface area contributed by atoms with Gasteiger partial charge in [-0.3, -0.25) is 9.59 Å². The van der Waals surface area contributed by atoms with E-state index in [9.17, 15) is 14.9 Å². The normalized spacial score (nSPS) is 15.3. The molecule has 2 amide bonds. The van der Waals surface area contributed by atoms with Gasteiger partial charge in [-0.15, -0.1) is 0 Å². The first-order chi connectivity index (χ1) is 17.4. The summed E-state index contributed by atoms with van der Waals surface area (Å²) < 4.78 is 5.77. The fourth-order valence-electron chi connectivity index (χ4n) is 3.90. The number of hydrogen-bond acceptors (Lipinski definition) is 5. The fraction of sp³-hybridized carbons (Fsp3) is 0.207. The molecule has 182 valence electrons. The largest absolute Gasteiger partial charge is 0.457 e. The van der Waals surface area contributed by atoms with E-state index < -0.39 is 0 Å². The molecule has 7 heteroatoms. The minimum Gasteiger partial charge on any atom is -0.457 e. The molecule has 1 heterocycles. The smallest absolute Gasteiger partial charge is 0.234 e. The molecule has 2 N–H and O–H groups in total. The van der Waals surface area contributed by atoms with Crippen molar-refractivity contribution in [3.8, 4) is 17.6 Å². The number of rotatable bonds is 8. The third kappa shape index (κ3) is 6.35. The van der Waals surface area contributed by atoms with Crippen LogP contribution in [0.25, 0.3) is 0 Å². The van der Waals surface area contributed by atoms with Crippen molar-refractivity contribution < 1.29 is 14.3 Å². The number of carbonyl (C=O) groups excluding carboxylic acids is 2. The van der Waals surface area contributed by atoms with Crippen molar-refractivity contribution in [2.45, 2.75) is 32.1 Å². The van der Waals surface area contributed by atoms with E-state index in [0.29, 0.717) is 28.0 Å². The minimum atomic E-state index is -0.326. The Morgan fingerprint density at radius 3 is 2.36 bits per heavy atom. The first kappa shape index (κ1) is 25.1. The monoisotopic (exact) mass is 497 g/mol. The maximum atomic E-state index is 12.6. The van der Waals surface area contributed by atoms with E-state index in [1.54, 1.807) is 24.3 Å². The molecule has 0 aromatic heterocycles. The molecular weight excluding hydrogens is 470 g/mol. The van der Waals surface area contributed by atoms with Crippen LogP contribution in [0.2, 0.25) is 0 Å². The molecular formula is C29H27N3O3S. The number of nitrogens with one attached hydrogen (secondary N) is 2. The number of hydrogen-bond donors (Lipinski definition) is 2. The highest BCUT2D eigenvalue weighted by Gasteiger charge is 2.30. The Balaban J connectivity index is 1.39. The third-order valence-electron chi connectivity index (χ3n) is 5.83. The summed E-state index contributed by atoms with van der Waals surface area (Å²) in [7, 11) is 0. The second kappa shape index (κ2) is 11.6. The van der Waals surface area contributed by atoms with Crippen LogP contribution >= 0.6 is 11.8 Å². The number of nitriles is 1. The molecule has 3 aromatic rings. The van der Waals surface area contributed by atoms with Gasteiger partial charge in [0.2, 0.25) is 11.8 Å². The maximum Gasteiger partial charge on any atom is 0.234 e. The van der Waals surface area contributed by atoms with E-state index in [0.717, 1.165) is 23.1 Å². The molecule has 0 aliphatic carbocycles. The van der Waals surface area contributed by atoms with Gasteiger partial charge < -0.3 is 15.4 Å². The van der Waals surface area contributed by atoms with Gasteiger partial charge in [-0.05, 0) is 53.4 Å². The SMILES string of the molecule is CC(C)c1ccc([C@@H]2CC(=O)NC(SCC(=O)Nc3ccc(Oc4ccccc4)cc3)=C2C#N)cc1. The molecule has 3 aromatic carbocycles. The average molecular weight is 498 g/mol. The molecule has 0 fully saturated rings. The highest BCUT2D eigenvalue weighted by molar-refractivity contribution is 8.03. The Labute approximate surface area is 215 Å². The number of nitrogens with zero attached hydrogens (tertiary/aromatic N) is 1. The molecule has 0 unspecified atom stereocenters. The highest BCUT2D eigenvalue weighted by Crippen LogP contribution is 2.36. The Kier molecular flexibility index (Phi) is 8.09. The Bertz CT molecular complexity index is 1290. The van der Waals surface area contributed by atoms with E-state index in [-0.39, 0.29) is 29.9 Å². The fourth-order valence-corrected chi connectivity index (χ4v) is 4.77. The van der Waals surface area contributed by atoms with Gasteiger partial charge in [-0.2, -0.15) is 5.26 Å². The van der Waals surface area contributed by atoms with Gasteiger partial charge in [0.1, 0.15) is 11.5 Å². The molecule has 0 radical (unpaired) electrons. The molecule has 0 saturated heterocycles. The number of allylic oxidation sites excluding steroid dienone is 1. The summed E-state index contributed by atoms with van der Waals surface area (Å²) in [5, 5.41) is 15.9. The van der Waals surface area contributed by atoms with E-state index in [2.05, 4.69) is 30.6 Å². The third-order valence-corrected chi connectivity index (χ3v) is 6.84. The Morgan fingerprint density at radius 1 is 1.06 bits per heavy atom. The molecule has 0 bridgehead atoms. The maximum absolute atomic E-state index is 12.6. The van der Waals surface area contributed by atoms with Gasteiger partial charge >= 0.3 is 0 Å². The lowest BCUT2D eigenvalue weighted by molar-refractivity contribution is -0.121. The summed E-state index contributed by atoms with van der Waals surface area (Å²) in [6.07, 6.45) is 0.206. The van der Waals surface area contributed by atoms with E-state index in [4.69, 9.17) is 4.74 Å². The van der Waals surface area contributed by atoms with Crippen molar-refractivity contribution in [3.63, 3.8) is 0 Å². The first-order valence-corrected chi connectivity index (χ1v) is 12.7. The lowest BCUT2D eigenvalue weighted by atomic mass is 9.86. The topological polar surface area (TPSA) is 91.2 Å². The van der Waals surface area contributed by atoms with Crippen LogP contribution in [0.1, 0.15) is 43.2 Å². The van der Waals surface area contributed by atoms with E-state index in [1.165, 1.54) is 5.56 Å². The van der Waals surface area contributed by atoms with Crippen LogP contribution in [-0.2, 0) is 9.59 Å².